The number of benzene rings is 1. The number of methoxy groups -OCH3 is 1. The Hall–Kier alpha value is -2.84. The van der Waals surface area contributed by atoms with Crippen LogP contribution in [0.15, 0.2) is 47.7 Å². The highest BCUT2D eigenvalue weighted by Gasteiger charge is 2.49. The summed E-state index contributed by atoms with van der Waals surface area (Å²) >= 11 is 0. The van der Waals surface area contributed by atoms with Gasteiger partial charge in [0.05, 0.1) is 32.4 Å². The van der Waals surface area contributed by atoms with E-state index in [0.717, 1.165) is 19.3 Å². The van der Waals surface area contributed by atoms with Crippen molar-refractivity contribution in [3.63, 3.8) is 0 Å². The normalized spacial score (nSPS) is 28.9. The van der Waals surface area contributed by atoms with Crippen LogP contribution in [0, 0.1) is 5.92 Å². The second kappa shape index (κ2) is 8.96. The number of rotatable bonds is 7. The molecule has 5 rings (SSSR count). The summed E-state index contributed by atoms with van der Waals surface area (Å²) in [5, 5.41) is 6.10. The fourth-order valence-corrected chi connectivity index (χ4v) is 4.38. The predicted molar refractivity (Wildman–Crippen MR) is 115 cm³/mol. The third-order valence-corrected chi connectivity index (χ3v) is 6.29. The zero-order valence-corrected chi connectivity index (χ0v) is 18.0. The Labute approximate surface area is 186 Å². The Bertz CT molecular complexity index is 954. The molecule has 32 heavy (non-hydrogen) atoms. The van der Waals surface area contributed by atoms with E-state index in [1.54, 1.807) is 19.3 Å². The van der Waals surface area contributed by atoms with Crippen LogP contribution in [0.5, 0.6) is 11.5 Å². The van der Waals surface area contributed by atoms with Crippen LogP contribution in [-0.2, 0) is 19.1 Å². The van der Waals surface area contributed by atoms with Gasteiger partial charge < -0.3 is 29.6 Å². The van der Waals surface area contributed by atoms with E-state index in [2.05, 4.69) is 10.6 Å². The lowest BCUT2D eigenvalue weighted by Crippen LogP contribution is -2.47. The first-order chi connectivity index (χ1) is 15.6. The molecular formula is C24H28N2O6. The van der Waals surface area contributed by atoms with E-state index in [1.807, 2.05) is 24.3 Å². The molecule has 2 amide bonds. The number of hydrogen-bond acceptors (Lipinski definition) is 6. The van der Waals surface area contributed by atoms with E-state index in [4.69, 9.17) is 18.9 Å². The maximum absolute atomic E-state index is 12.9. The van der Waals surface area contributed by atoms with Gasteiger partial charge in [-0.2, -0.15) is 0 Å². The minimum atomic E-state index is -0.254. The third kappa shape index (κ3) is 4.52. The lowest BCUT2D eigenvalue weighted by Gasteiger charge is -2.20. The first kappa shape index (κ1) is 21.0. The van der Waals surface area contributed by atoms with Crippen LogP contribution in [0.1, 0.15) is 25.7 Å². The lowest BCUT2D eigenvalue weighted by molar-refractivity contribution is -0.123. The van der Waals surface area contributed by atoms with Crippen molar-refractivity contribution in [2.75, 3.05) is 20.3 Å². The molecule has 1 aromatic rings. The second-order valence-corrected chi connectivity index (χ2v) is 8.66. The van der Waals surface area contributed by atoms with Gasteiger partial charge in [0.2, 0.25) is 11.8 Å². The average molecular weight is 440 g/mol. The number of hydrogen-bond donors (Lipinski definition) is 2. The molecule has 2 aliphatic heterocycles. The third-order valence-electron chi connectivity index (χ3n) is 6.29. The molecule has 8 heteroatoms. The smallest absolute Gasteiger partial charge is 0.247 e. The summed E-state index contributed by atoms with van der Waals surface area (Å²) in [6, 6.07) is 6.94. The summed E-state index contributed by atoms with van der Waals surface area (Å²) in [5.74, 6) is 2.08. The number of allylic oxidation sites excluding steroid dienone is 2. The maximum Gasteiger partial charge on any atom is 0.247 e. The van der Waals surface area contributed by atoms with Gasteiger partial charge in [-0.25, -0.2) is 0 Å². The van der Waals surface area contributed by atoms with Gasteiger partial charge in [-0.05, 0) is 50.0 Å². The van der Waals surface area contributed by atoms with Crippen molar-refractivity contribution in [2.45, 2.75) is 50.0 Å². The molecule has 2 aliphatic carbocycles. The molecule has 1 saturated carbocycles. The number of carbonyl (C=O) groups excluding carboxylic acids is 2. The summed E-state index contributed by atoms with van der Waals surface area (Å²) in [5.41, 5.74) is 0.658. The Morgan fingerprint density at radius 3 is 2.47 bits per heavy atom. The number of amides is 2. The molecule has 0 aromatic heterocycles. The Balaban J connectivity index is 1.18. The van der Waals surface area contributed by atoms with Crippen molar-refractivity contribution in [3.05, 3.63) is 47.7 Å². The molecule has 0 bridgehead atoms. The van der Waals surface area contributed by atoms with Gasteiger partial charge in [0.25, 0.3) is 0 Å². The predicted octanol–water partition coefficient (Wildman–Crippen LogP) is 1.86. The van der Waals surface area contributed by atoms with Crippen LogP contribution in [0.3, 0.4) is 0 Å². The van der Waals surface area contributed by atoms with Crippen molar-refractivity contribution in [2.24, 2.45) is 5.92 Å². The first-order valence-electron chi connectivity index (χ1n) is 11.2. The zero-order valence-electron chi connectivity index (χ0n) is 18.0. The number of ether oxygens (including phenoxy) is 4. The van der Waals surface area contributed by atoms with Gasteiger partial charge in [0.1, 0.15) is 29.5 Å². The monoisotopic (exact) mass is 440 g/mol. The quantitative estimate of drug-likeness (QED) is 0.672. The molecule has 1 aromatic carbocycles. The first-order valence-corrected chi connectivity index (χ1v) is 11.2. The molecule has 170 valence electrons. The number of carbonyl (C=O) groups is 2. The van der Waals surface area contributed by atoms with E-state index in [0.29, 0.717) is 42.5 Å². The minimum Gasteiger partial charge on any atom is -0.497 e. The van der Waals surface area contributed by atoms with Crippen molar-refractivity contribution in [1.82, 2.24) is 10.6 Å². The average Bonchev–Trinajstić information content (AvgIpc) is 3.48. The highest BCUT2D eigenvalue weighted by molar-refractivity contribution is 5.94. The van der Waals surface area contributed by atoms with Crippen molar-refractivity contribution >= 4 is 11.8 Å². The number of nitrogens with one attached hydrogen (secondary N) is 2. The summed E-state index contributed by atoms with van der Waals surface area (Å²) in [4.78, 5) is 25.0. The van der Waals surface area contributed by atoms with Crippen LogP contribution in [0.4, 0.5) is 0 Å². The lowest BCUT2D eigenvalue weighted by atomic mass is 10.0. The van der Waals surface area contributed by atoms with Crippen LogP contribution < -0.4 is 20.1 Å². The molecule has 4 aliphatic rings. The van der Waals surface area contributed by atoms with E-state index in [-0.39, 0.29) is 42.0 Å². The molecule has 4 atom stereocenters. The summed E-state index contributed by atoms with van der Waals surface area (Å²) in [6.07, 6.45) is 6.54. The topological polar surface area (TPSA) is 95.1 Å². The van der Waals surface area contributed by atoms with E-state index in [9.17, 15) is 9.59 Å². The molecular weight excluding hydrogens is 412 g/mol. The van der Waals surface area contributed by atoms with Crippen LogP contribution in [0.2, 0.25) is 0 Å². The minimum absolute atomic E-state index is 0.0815. The van der Waals surface area contributed by atoms with E-state index >= 15 is 0 Å². The summed E-state index contributed by atoms with van der Waals surface area (Å²) in [6.45, 7) is 0.775. The maximum atomic E-state index is 12.9. The van der Waals surface area contributed by atoms with Crippen LogP contribution in [-0.4, -0.2) is 56.4 Å². The second-order valence-electron chi connectivity index (χ2n) is 8.66. The molecule has 2 N–H and O–H groups in total. The molecule has 2 heterocycles. The Morgan fingerprint density at radius 2 is 1.75 bits per heavy atom. The summed E-state index contributed by atoms with van der Waals surface area (Å²) < 4.78 is 22.9. The van der Waals surface area contributed by atoms with Crippen molar-refractivity contribution < 1.29 is 28.5 Å². The van der Waals surface area contributed by atoms with Crippen molar-refractivity contribution in [1.29, 1.82) is 0 Å². The zero-order chi connectivity index (χ0) is 22.1. The van der Waals surface area contributed by atoms with Gasteiger partial charge in [-0.3, -0.25) is 9.59 Å². The summed E-state index contributed by atoms with van der Waals surface area (Å²) in [7, 11) is 1.61. The number of fused-ring (bicyclic) bond motifs is 1. The fraction of sp³-hybridized carbons (Fsp3) is 0.500. The molecule has 8 nitrogen and oxygen atoms in total. The van der Waals surface area contributed by atoms with Gasteiger partial charge in [0, 0.05) is 17.6 Å². The molecule has 2 saturated heterocycles. The van der Waals surface area contributed by atoms with Gasteiger partial charge in [-0.15, -0.1) is 0 Å². The van der Waals surface area contributed by atoms with Crippen LogP contribution in [0.25, 0.3) is 0 Å². The molecule has 3 fully saturated rings. The Kier molecular flexibility index (Phi) is 5.89. The standard InChI is InChI=1S/C24H28N2O6/c1-29-16-5-3-7-18(11-16)32-17-6-2-4-15(10-17)24(28)26-20-13-31-21-19(12-30-22(20)21)25-23(27)14-8-9-14/h3,5-7,10-11,14,19-22H,2,4,8-9,12-13H2,1H3,(H,25,27)(H,26,28)/t19-,20?,21+,22+/m0/s1. The van der Waals surface area contributed by atoms with Gasteiger partial charge >= 0.3 is 0 Å². The van der Waals surface area contributed by atoms with Crippen LogP contribution >= 0.6 is 0 Å². The largest absolute Gasteiger partial charge is 0.497 e. The molecule has 0 spiro atoms. The fourth-order valence-electron chi connectivity index (χ4n) is 4.38. The van der Waals surface area contributed by atoms with Crippen molar-refractivity contribution in [3.8, 4) is 11.5 Å². The van der Waals surface area contributed by atoms with Gasteiger partial charge in [0.15, 0.2) is 0 Å². The SMILES string of the molecule is COc1cccc(OC2=CCCC(C(=O)NC3CO[C@@H]4[C@@H](NC(=O)C5CC5)CO[C@H]34)=C2)c1. The molecule has 1 unspecified atom stereocenters. The van der Waals surface area contributed by atoms with E-state index in [1.165, 1.54) is 0 Å². The highest BCUT2D eigenvalue weighted by Crippen LogP contribution is 2.32. The van der Waals surface area contributed by atoms with Gasteiger partial charge in [-0.1, -0.05) is 6.07 Å². The Morgan fingerprint density at radius 1 is 1.03 bits per heavy atom. The highest BCUT2D eigenvalue weighted by atomic mass is 16.6. The van der Waals surface area contributed by atoms with E-state index < -0.39 is 0 Å². The molecule has 0 radical (unpaired) electrons.